The quantitative estimate of drug-likeness (QED) is 0.796. The van der Waals surface area contributed by atoms with Crippen LogP contribution in [0.3, 0.4) is 0 Å². The zero-order valence-electron chi connectivity index (χ0n) is 10.4. The number of carboxylic acids is 1. The minimum Gasteiger partial charge on any atom is -0.493 e. The van der Waals surface area contributed by atoms with Crippen LogP contribution >= 0.6 is 0 Å². The van der Waals surface area contributed by atoms with E-state index in [0.29, 0.717) is 12.5 Å². The molecule has 0 bridgehead atoms. The van der Waals surface area contributed by atoms with E-state index >= 15 is 0 Å². The van der Waals surface area contributed by atoms with Gasteiger partial charge >= 0.3 is 5.97 Å². The summed E-state index contributed by atoms with van der Waals surface area (Å²) in [5, 5.41) is 8.63. The Morgan fingerprint density at radius 2 is 2.18 bits per heavy atom. The second-order valence-corrected chi connectivity index (χ2v) is 4.42. The van der Waals surface area contributed by atoms with E-state index in [4.69, 9.17) is 9.84 Å². The maximum absolute atomic E-state index is 10.5. The second-order valence-electron chi connectivity index (χ2n) is 4.42. The Morgan fingerprint density at radius 3 is 2.76 bits per heavy atom. The molecule has 0 amide bonds. The first-order chi connectivity index (χ1) is 7.99. The lowest BCUT2D eigenvalue weighted by molar-refractivity contribution is -0.131. The zero-order chi connectivity index (χ0) is 12.8. The van der Waals surface area contributed by atoms with Crippen molar-refractivity contribution in [1.82, 2.24) is 0 Å². The van der Waals surface area contributed by atoms with E-state index in [1.807, 2.05) is 25.1 Å². The van der Waals surface area contributed by atoms with Gasteiger partial charge in [-0.1, -0.05) is 25.5 Å². The molecule has 1 N–H and O–H groups in total. The molecule has 0 aliphatic rings. The van der Waals surface area contributed by atoms with E-state index in [1.165, 1.54) is 0 Å². The molecule has 0 fully saturated rings. The van der Waals surface area contributed by atoms with Crippen LogP contribution in [0.5, 0.6) is 5.75 Å². The summed E-state index contributed by atoms with van der Waals surface area (Å²) in [6.45, 7) is 6.73. The number of carbonyl (C=O) groups is 1. The molecule has 0 radical (unpaired) electrons. The summed E-state index contributed by atoms with van der Waals surface area (Å²) < 4.78 is 5.64. The molecule has 0 aliphatic heterocycles. The van der Waals surface area contributed by atoms with Gasteiger partial charge < -0.3 is 9.84 Å². The monoisotopic (exact) mass is 234 g/mol. The highest BCUT2D eigenvalue weighted by Gasteiger charge is 2.03. The highest BCUT2D eigenvalue weighted by atomic mass is 16.5. The van der Waals surface area contributed by atoms with Crippen LogP contribution in [-0.4, -0.2) is 17.7 Å². The molecule has 0 aromatic heterocycles. The lowest BCUT2D eigenvalue weighted by atomic mass is 10.1. The van der Waals surface area contributed by atoms with Gasteiger partial charge in [0.05, 0.1) is 6.61 Å². The minimum atomic E-state index is -0.957. The fourth-order valence-electron chi connectivity index (χ4n) is 1.35. The fraction of sp³-hybridized carbons (Fsp3) is 0.357. The molecule has 0 heterocycles. The third-order valence-electron chi connectivity index (χ3n) is 2.14. The lowest BCUT2D eigenvalue weighted by Gasteiger charge is -2.11. The van der Waals surface area contributed by atoms with Gasteiger partial charge in [0.25, 0.3) is 0 Å². The number of aryl methyl sites for hydroxylation is 1. The molecule has 92 valence electrons. The summed E-state index contributed by atoms with van der Waals surface area (Å²) in [6, 6.07) is 5.74. The first-order valence-electron chi connectivity index (χ1n) is 5.63. The molecule has 3 nitrogen and oxygen atoms in total. The summed E-state index contributed by atoms with van der Waals surface area (Å²) in [6.07, 6.45) is 2.68. The molecular weight excluding hydrogens is 216 g/mol. The number of carboxylic acid groups (broad SMARTS) is 1. The third-order valence-corrected chi connectivity index (χ3v) is 2.14. The molecular formula is C14H18O3. The molecule has 1 rings (SSSR count). The predicted octanol–water partition coefficient (Wildman–Crippen LogP) is 3.13. The number of aliphatic carboxylic acids is 1. The van der Waals surface area contributed by atoms with Gasteiger partial charge in [-0.15, -0.1) is 0 Å². The first kappa shape index (κ1) is 13.3. The topological polar surface area (TPSA) is 46.5 Å². The molecule has 1 aromatic carbocycles. The van der Waals surface area contributed by atoms with E-state index in [9.17, 15) is 4.79 Å². The van der Waals surface area contributed by atoms with E-state index in [1.54, 1.807) is 6.08 Å². The van der Waals surface area contributed by atoms with Crippen molar-refractivity contribution in [3.8, 4) is 5.75 Å². The molecule has 0 spiro atoms. The highest BCUT2D eigenvalue weighted by Crippen LogP contribution is 2.22. The van der Waals surface area contributed by atoms with Crippen LogP contribution in [0.2, 0.25) is 0 Å². The second kappa shape index (κ2) is 6.09. The van der Waals surface area contributed by atoms with Crippen molar-refractivity contribution >= 4 is 12.0 Å². The molecule has 0 saturated heterocycles. The molecule has 1 aromatic rings. The maximum Gasteiger partial charge on any atom is 0.328 e. The standard InChI is InChI=1S/C14H18O3/c1-10(2)9-17-13-6-4-11(3)8-12(13)5-7-14(15)16/h4-8,10H,9H2,1-3H3,(H,15,16). The Hall–Kier alpha value is -1.77. The summed E-state index contributed by atoms with van der Waals surface area (Å²) >= 11 is 0. The van der Waals surface area contributed by atoms with E-state index < -0.39 is 5.97 Å². The predicted molar refractivity (Wildman–Crippen MR) is 68.2 cm³/mol. The highest BCUT2D eigenvalue weighted by molar-refractivity contribution is 5.85. The number of ether oxygens (including phenoxy) is 1. The summed E-state index contributed by atoms with van der Waals surface area (Å²) in [7, 11) is 0. The maximum atomic E-state index is 10.5. The zero-order valence-corrected chi connectivity index (χ0v) is 10.4. The van der Waals surface area contributed by atoms with Gasteiger partial charge in [-0.3, -0.25) is 0 Å². The van der Waals surface area contributed by atoms with E-state index in [-0.39, 0.29) is 0 Å². The van der Waals surface area contributed by atoms with Crippen molar-refractivity contribution < 1.29 is 14.6 Å². The number of hydrogen-bond donors (Lipinski definition) is 1. The van der Waals surface area contributed by atoms with Crippen LogP contribution in [-0.2, 0) is 4.79 Å². The number of hydrogen-bond acceptors (Lipinski definition) is 2. The third kappa shape index (κ3) is 4.72. The van der Waals surface area contributed by atoms with Gasteiger partial charge in [0.1, 0.15) is 5.75 Å². The molecule has 0 aliphatic carbocycles. The van der Waals surface area contributed by atoms with Gasteiger partial charge in [0.15, 0.2) is 0 Å². The Morgan fingerprint density at radius 1 is 1.47 bits per heavy atom. The van der Waals surface area contributed by atoms with Gasteiger partial charge in [0.2, 0.25) is 0 Å². The molecule has 0 unspecified atom stereocenters. The summed E-state index contributed by atoms with van der Waals surface area (Å²) in [4.78, 5) is 10.5. The van der Waals surface area contributed by atoms with Crippen molar-refractivity contribution in [3.63, 3.8) is 0 Å². The normalized spacial score (nSPS) is 11.1. The molecule has 3 heteroatoms. The van der Waals surface area contributed by atoms with Crippen LogP contribution in [0.25, 0.3) is 6.08 Å². The Balaban J connectivity index is 2.91. The minimum absolute atomic E-state index is 0.438. The summed E-state index contributed by atoms with van der Waals surface area (Å²) in [5.41, 5.74) is 1.87. The molecule has 17 heavy (non-hydrogen) atoms. The van der Waals surface area contributed by atoms with Crippen LogP contribution < -0.4 is 4.74 Å². The van der Waals surface area contributed by atoms with Crippen molar-refractivity contribution in [1.29, 1.82) is 0 Å². The number of benzene rings is 1. The smallest absolute Gasteiger partial charge is 0.328 e. The largest absolute Gasteiger partial charge is 0.493 e. The average molecular weight is 234 g/mol. The van der Waals surface area contributed by atoms with Crippen LogP contribution in [0.1, 0.15) is 25.0 Å². The molecule has 0 saturated carbocycles. The molecule has 0 atom stereocenters. The first-order valence-corrected chi connectivity index (χ1v) is 5.63. The van der Waals surface area contributed by atoms with E-state index in [2.05, 4.69) is 13.8 Å². The number of rotatable bonds is 5. The Labute approximate surface area is 102 Å². The van der Waals surface area contributed by atoms with Crippen LogP contribution in [0.15, 0.2) is 24.3 Å². The van der Waals surface area contributed by atoms with Gasteiger partial charge in [0, 0.05) is 11.6 Å². The van der Waals surface area contributed by atoms with Gasteiger partial charge in [-0.05, 0) is 31.1 Å². The SMILES string of the molecule is Cc1ccc(OCC(C)C)c(C=CC(=O)O)c1. The van der Waals surface area contributed by atoms with Crippen molar-refractivity contribution in [2.24, 2.45) is 5.92 Å². The van der Waals surface area contributed by atoms with Crippen LogP contribution in [0, 0.1) is 12.8 Å². The van der Waals surface area contributed by atoms with Crippen molar-refractivity contribution in [3.05, 3.63) is 35.4 Å². The van der Waals surface area contributed by atoms with Crippen LogP contribution in [0.4, 0.5) is 0 Å². The Bertz CT molecular complexity index is 419. The van der Waals surface area contributed by atoms with Gasteiger partial charge in [-0.2, -0.15) is 0 Å². The average Bonchev–Trinajstić information content (AvgIpc) is 2.24. The lowest BCUT2D eigenvalue weighted by Crippen LogP contribution is -2.05. The summed E-state index contributed by atoms with van der Waals surface area (Å²) in [5.74, 6) is 0.204. The fourth-order valence-corrected chi connectivity index (χ4v) is 1.35. The van der Waals surface area contributed by atoms with Crippen molar-refractivity contribution in [2.45, 2.75) is 20.8 Å². The van der Waals surface area contributed by atoms with E-state index in [0.717, 1.165) is 23.0 Å². The Kier molecular flexibility index (Phi) is 4.76. The van der Waals surface area contributed by atoms with Crippen molar-refractivity contribution in [2.75, 3.05) is 6.61 Å². The van der Waals surface area contributed by atoms with Gasteiger partial charge in [-0.25, -0.2) is 4.79 Å².